The summed E-state index contributed by atoms with van der Waals surface area (Å²) in [6, 6.07) is -0.206. The molecule has 2 aliphatic rings. The second-order valence-corrected chi connectivity index (χ2v) is 4.68. The lowest BCUT2D eigenvalue weighted by atomic mass is 10.1. The lowest BCUT2D eigenvalue weighted by molar-refractivity contribution is -0.132. The van der Waals surface area contributed by atoms with Gasteiger partial charge in [-0.25, -0.2) is 0 Å². The van der Waals surface area contributed by atoms with Crippen LogP contribution in [0, 0.1) is 0 Å². The Balaban J connectivity index is 1.86. The highest BCUT2D eigenvalue weighted by molar-refractivity contribution is 5.82. The van der Waals surface area contributed by atoms with E-state index in [2.05, 4.69) is 11.4 Å². The lowest BCUT2D eigenvalue weighted by Crippen LogP contribution is -2.45. The molecular formula is C12H20N2O3. The van der Waals surface area contributed by atoms with Crippen LogP contribution in [0.5, 0.6) is 0 Å². The molecule has 17 heavy (non-hydrogen) atoms. The fourth-order valence-electron chi connectivity index (χ4n) is 2.35. The summed E-state index contributed by atoms with van der Waals surface area (Å²) in [6.07, 6.45) is 3.10. The third kappa shape index (κ3) is 3.06. The number of rotatable bonds is 3. The number of hydrogen-bond donors (Lipinski definition) is 2. The van der Waals surface area contributed by atoms with Crippen molar-refractivity contribution < 1.29 is 14.6 Å². The molecule has 0 bridgehead atoms. The first kappa shape index (κ1) is 12.5. The van der Waals surface area contributed by atoms with Crippen molar-refractivity contribution in [3.63, 3.8) is 0 Å². The van der Waals surface area contributed by atoms with Gasteiger partial charge in [-0.15, -0.1) is 0 Å². The molecule has 1 amide bonds. The van der Waals surface area contributed by atoms with Crippen molar-refractivity contribution in [2.24, 2.45) is 0 Å². The fraction of sp³-hybridized carbons (Fsp3) is 0.750. The molecule has 0 saturated carbocycles. The molecule has 5 heteroatoms. The number of aliphatic hydroxyl groups excluding tert-OH is 1. The van der Waals surface area contributed by atoms with E-state index in [4.69, 9.17) is 4.74 Å². The van der Waals surface area contributed by atoms with Crippen molar-refractivity contribution >= 4 is 5.91 Å². The summed E-state index contributed by atoms with van der Waals surface area (Å²) in [5.74, 6) is 0.106. The van der Waals surface area contributed by atoms with Crippen molar-refractivity contribution in [1.82, 2.24) is 10.2 Å². The molecule has 2 rings (SSSR count). The lowest BCUT2D eigenvalue weighted by Gasteiger charge is -2.28. The molecule has 96 valence electrons. The molecule has 1 fully saturated rings. The molecule has 0 radical (unpaired) electrons. The van der Waals surface area contributed by atoms with Crippen LogP contribution in [-0.4, -0.2) is 61.4 Å². The molecule has 2 aliphatic heterocycles. The summed E-state index contributed by atoms with van der Waals surface area (Å²) in [6.45, 7) is 2.59. The number of carbonyl (C=O) groups excluding carboxylic acids is 1. The molecule has 0 spiro atoms. The van der Waals surface area contributed by atoms with Crippen LogP contribution < -0.4 is 5.32 Å². The number of hydrogen-bond acceptors (Lipinski definition) is 4. The van der Waals surface area contributed by atoms with Gasteiger partial charge in [-0.05, 0) is 18.4 Å². The Morgan fingerprint density at radius 1 is 1.71 bits per heavy atom. The largest absolute Gasteiger partial charge is 0.392 e. The minimum atomic E-state index is -0.381. The van der Waals surface area contributed by atoms with Crippen LogP contribution in [-0.2, 0) is 9.53 Å². The minimum absolute atomic E-state index is 0.106. The first-order valence-electron chi connectivity index (χ1n) is 6.07. The first-order valence-corrected chi connectivity index (χ1v) is 6.07. The predicted octanol–water partition coefficient (Wildman–Crippen LogP) is -0.486. The summed E-state index contributed by atoms with van der Waals surface area (Å²) in [5, 5.41) is 12.5. The molecule has 0 aromatic rings. The van der Waals surface area contributed by atoms with E-state index >= 15 is 0 Å². The maximum absolute atomic E-state index is 12.1. The Hall–Kier alpha value is -0.910. The van der Waals surface area contributed by atoms with E-state index in [1.807, 2.05) is 4.90 Å². The van der Waals surface area contributed by atoms with Gasteiger partial charge in [-0.1, -0.05) is 6.08 Å². The maximum atomic E-state index is 12.1. The number of nitrogens with one attached hydrogen (secondary N) is 1. The Kier molecular flexibility index (Phi) is 4.15. The molecular weight excluding hydrogens is 220 g/mol. The number of β-amino-alcohol motifs (C(OH)–C–C–N with tert-alkyl or cyclic N) is 1. The quantitative estimate of drug-likeness (QED) is 0.654. The molecule has 2 heterocycles. The van der Waals surface area contributed by atoms with Gasteiger partial charge in [-0.2, -0.15) is 0 Å². The summed E-state index contributed by atoms with van der Waals surface area (Å²) in [7, 11) is 1.68. The molecule has 2 unspecified atom stereocenters. The summed E-state index contributed by atoms with van der Waals surface area (Å²) in [5.41, 5.74) is 1.26. The van der Waals surface area contributed by atoms with E-state index in [1.54, 1.807) is 7.11 Å². The normalized spacial score (nSPS) is 29.3. The van der Waals surface area contributed by atoms with Crippen molar-refractivity contribution in [1.29, 1.82) is 0 Å². The Labute approximate surface area is 101 Å². The van der Waals surface area contributed by atoms with Crippen molar-refractivity contribution in [3.8, 4) is 0 Å². The number of aliphatic hydroxyl groups is 1. The number of nitrogens with zero attached hydrogens (tertiary/aromatic N) is 1. The average molecular weight is 240 g/mol. The highest BCUT2D eigenvalue weighted by Crippen LogP contribution is 2.15. The van der Waals surface area contributed by atoms with Crippen molar-refractivity contribution in [3.05, 3.63) is 11.6 Å². The SMILES string of the molecule is COCC1=CCN(C(=O)C2CC(O)CN2)CC1. The number of carbonyl (C=O) groups is 1. The highest BCUT2D eigenvalue weighted by atomic mass is 16.5. The van der Waals surface area contributed by atoms with E-state index < -0.39 is 0 Å². The van der Waals surface area contributed by atoms with Crippen LogP contribution in [0.3, 0.4) is 0 Å². The number of amides is 1. The van der Waals surface area contributed by atoms with Gasteiger partial charge in [0.25, 0.3) is 0 Å². The van der Waals surface area contributed by atoms with E-state index in [0.29, 0.717) is 26.1 Å². The summed E-state index contributed by atoms with van der Waals surface area (Å²) in [4.78, 5) is 13.9. The van der Waals surface area contributed by atoms with Crippen molar-refractivity contribution in [2.45, 2.75) is 25.0 Å². The number of methoxy groups -OCH3 is 1. The predicted molar refractivity (Wildman–Crippen MR) is 63.6 cm³/mol. The molecule has 0 aliphatic carbocycles. The molecule has 1 saturated heterocycles. The van der Waals surface area contributed by atoms with Gasteiger partial charge in [0.2, 0.25) is 5.91 Å². The molecule has 2 atom stereocenters. The van der Waals surface area contributed by atoms with Gasteiger partial charge in [0.15, 0.2) is 0 Å². The second kappa shape index (κ2) is 5.62. The zero-order chi connectivity index (χ0) is 12.3. The third-order valence-corrected chi connectivity index (χ3v) is 3.35. The highest BCUT2D eigenvalue weighted by Gasteiger charge is 2.31. The van der Waals surface area contributed by atoms with Gasteiger partial charge in [-0.3, -0.25) is 4.79 Å². The average Bonchev–Trinajstić information content (AvgIpc) is 2.76. The summed E-state index contributed by atoms with van der Waals surface area (Å²) < 4.78 is 5.07. The van der Waals surface area contributed by atoms with Crippen LogP contribution in [0.1, 0.15) is 12.8 Å². The fourth-order valence-corrected chi connectivity index (χ4v) is 2.35. The minimum Gasteiger partial charge on any atom is -0.392 e. The Morgan fingerprint density at radius 3 is 3.06 bits per heavy atom. The molecule has 0 aromatic carbocycles. The monoisotopic (exact) mass is 240 g/mol. The van der Waals surface area contributed by atoms with E-state index in [1.165, 1.54) is 5.57 Å². The third-order valence-electron chi connectivity index (χ3n) is 3.35. The molecule has 0 aromatic heterocycles. The summed E-state index contributed by atoms with van der Waals surface area (Å²) >= 11 is 0. The van der Waals surface area contributed by atoms with Crippen LogP contribution in [0.15, 0.2) is 11.6 Å². The van der Waals surface area contributed by atoms with Gasteiger partial charge < -0.3 is 20.1 Å². The van der Waals surface area contributed by atoms with E-state index in [9.17, 15) is 9.90 Å². The maximum Gasteiger partial charge on any atom is 0.240 e. The second-order valence-electron chi connectivity index (χ2n) is 4.68. The van der Waals surface area contributed by atoms with Gasteiger partial charge in [0.05, 0.1) is 18.8 Å². The van der Waals surface area contributed by atoms with Crippen molar-refractivity contribution in [2.75, 3.05) is 33.4 Å². The number of ether oxygens (including phenoxy) is 1. The zero-order valence-electron chi connectivity index (χ0n) is 10.2. The first-order chi connectivity index (χ1) is 8.20. The Bertz CT molecular complexity index is 317. The Morgan fingerprint density at radius 2 is 2.53 bits per heavy atom. The van der Waals surface area contributed by atoms with E-state index in [0.717, 1.165) is 13.0 Å². The van der Waals surface area contributed by atoms with E-state index in [-0.39, 0.29) is 18.1 Å². The van der Waals surface area contributed by atoms with Crippen LogP contribution in [0.2, 0.25) is 0 Å². The van der Waals surface area contributed by atoms with Crippen LogP contribution in [0.25, 0.3) is 0 Å². The van der Waals surface area contributed by atoms with Gasteiger partial charge in [0, 0.05) is 26.7 Å². The van der Waals surface area contributed by atoms with Crippen LogP contribution >= 0.6 is 0 Å². The van der Waals surface area contributed by atoms with Gasteiger partial charge >= 0.3 is 0 Å². The molecule has 2 N–H and O–H groups in total. The topological polar surface area (TPSA) is 61.8 Å². The zero-order valence-corrected chi connectivity index (χ0v) is 10.2. The molecule has 5 nitrogen and oxygen atoms in total. The standard InChI is InChI=1S/C12H20N2O3/c1-17-8-9-2-4-14(5-3-9)12(16)11-6-10(15)7-13-11/h2,10-11,13,15H,3-8H2,1H3. The smallest absolute Gasteiger partial charge is 0.240 e. The van der Waals surface area contributed by atoms with Gasteiger partial charge in [0.1, 0.15) is 0 Å². The van der Waals surface area contributed by atoms with Crippen LogP contribution in [0.4, 0.5) is 0 Å².